The van der Waals surface area contributed by atoms with E-state index in [0.717, 1.165) is 6.54 Å². The number of aromatic nitrogens is 2. The van der Waals surface area contributed by atoms with Crippen molar-refractivity contribution in [3.63, 3.8) is 0 Å². The Labute approximate surface area is 88.0 Å². The van der Waals surface area contributed by atoms with E-state index in [9.17, 15) is 4.79 Å². The van der Waals surface area contributed by atoms with Crippen LogP contribution < -0.4 is 5.32 Å². The van der Waals surface area contributed by atoms with Gasteiger partial charge in [-0.2, -0.15) is 0 Å². The van der Waals surface area contributed by atoms with Crippen molar-refractivity contribution in [2.45, 2.75) is 0 Å². The van der Waals surface area contributed by atoms with Crippen LogP contribution in [0, 0.1) is 0 Å². The van der Waals surface area contributed by atoms with Crippen molar-refractivity contribution in [2.24, 2.45) is 0 Å². The number of nitrogens with zero attached hydrogens (tertiary/aromatic N) is 3. The highest BCUT2D eigenvalue weighted by molar-refractivity contribution is 5.83. The SMILES string of the molecule is CN(C)CCNc1ccnc(C(=O)O)n1. The smallest absolute Gasteiger partial charge is 0.374 e. The van der Waals surface area contributed by atoms with Gasteiger partial charge in [0, 0.05) is 19.3 Å². The summed E-state index contributed by atoms with van der Waals surface area (Å²) in [5.74, 6) is -0.777. The molecule has 2 N–H and O–H groups in total. The van der Waals surface area contributed by atoms with Crippen LogP contribution in [0.15, 0.2) is 12.3 Å². The van der Waals surface area contributed by atoms with Crippen molar-refractivity contribution in [2.75, 3.05) is 32.5 Å². The minimum Gasteiger partial charge on any atom is -0.475 e. The van der Waals surface area contributed by atoms with Crippen LogP contribution in [0.25, 0.3) is 0 Å². The second-order valence-electron chi connectivity index (χ2n) is 3.30. The van der Waals surface area contributed by atoms with Gasteiger partial charge in [-0.3, -0.25) is 0 Å². The van der Waals surface area contributed by atoms with Gasteiger partial charge in [-0.05, 0) is 20.2 Å². The Hall–Kier alpha value is -1.69. The number of nitrogens with one attached hydrogen (secondary N) is 1. The molecule has 0 unspecified atom stereocenters. The molecule has 0 amide bonds. The molecule has 0 atom stereocenters. The van der Waals surface area contributed by atoms with E-state index >= 15 is 0 Å². The lowest BCUT2D eigenvalue weighted by atomic mass is 10.5. The largest absolute Gasteiger partial charge is 0.475 e. The molecule has 0 aromatic carbocycles. The zero-order valence-corrected chi connectivity index (χ0v) is 8.77. The van der Waals surface area contributed by atoms with Gasteiger partial charge in [0.15, 0.2) is 0 Å². The predicted molar refractivity (Wildman–Crippen MR) is 56.0 cm³/mol. The molecule has 0 aliphatic carbocycles. The van der Waals surface area contributed by atoms with Crippen LogP contribution >= 0.6 is 0 Å². The third-order valence-electron chi connectivity index (χ3n) is 1.71. The minimum absolute atomic E-state index is 0.190. The van der Waals surface area contributed by atoms with Crippen LogP contribution in [0.1, 0.15) is 10.6 Å². The molecule has 0 aliphatic rings. The van der Waals surface area contributed by atoms with Crippen LogP contribution in [0.4, 0.5) is 5.82 Å². The quantitative estimate of drug-likeness (QED) is 0.720. The van der Waals surface area contributed by atoms with Gasteiger partial charge in [0.2, 0.25) is 5.82 Å². The number of carboxylic acids is 1. The first kappa shape index (κ1) is 11.4. The zero-order valence-electron chi connectivity index (χ0n) is 8.77. The Bertz CT molecular complexity index is 341. The molecule has 0 saturated heterocycles. The summed E-state index contributed by atoms with van der Waals surface area (Å²) >= 11 is 0. The van der Waals surface area contributed by atoms with E-state index in [1.165, 1.54) is 6.20 Å². The van der Waals surface area contributed by atoms with E-state index in [-0.39, 0.29) is 5.82 Å². The van der Waals surface area contributed by atoms with E-state index < -0.39 is 5.97 Å². The highest BCUT2D eigenvalue weighted by atomic mass is 16.4. The summed E-state index contributed by atoms with van der Waals surface area (Å²) in [4.78, 5) is 20.0. The molecule has 0 radical (unpaired) electrons. The lowest BCUT2D eigenvalue weighted by Gasteiger charge is -2.10. The van der Waals surface area contributed by atoms with Gasteiger partial charge in [0.05, 0.1) is 0 Å². The molecule has 82 valence electrons. The molecule has 0 aliphatic heterocycles. The molecule has 0 fully saturated rings. The first-order valence-corrected chi connectivity index (χ1v) is 4.54. The van der Waals surface area contributed by atoms with Gasteiger partial charge in [0.25, 0.3) is 0 Å². The Morgan fingerprint density at radius 2 is 2.33 bits per heavy atom. The number of anilines is 1. The number of hydrogen-bond donors (Lipinski definition) is 2. The van der Waals surface area contributed by atoms with E-state index in [0.29, 0.717) is 12.4 Å². The fourth-order valence-corrected chi connectivity index (χ4v) is 0.968. The summed E-state index contributed by atoms with van der Waals surface area (Å²) in [5.41, 5.74) is 0. The molecule has 6 nitrogen and oxygen atoms in total. The minimum atomic E-state index is -1.12. The molecular weight excluding hydrogens is 196 g/mol. The maximum absolute atomic E-state index is 10.6. The lowest BCUT2D eigenvalue weighted by molar-refractivity contribution is 0.0683. The molecule has 0 bridgehead atoms. The van der Waals surface area contributed by atoms with E-state index in [1.807, 2.05) is 19.0 Å². The molecule has 1 aromatic rings. The number of hydrogen-bond acceptors (Lipinski definition) is 5. The summed E-state index contributed by atoms with van der Waals surface area (Å²) in [6.07, 6.45) is 1.43. The summed E-state index contributed by atoms with van der Waals surface area (Å²) < 4.78 is 0. The highest BCUT2D eigenvalue weighted by Gasteiger charge is 2.06. The van der Waals surface area contributed by atoms with Gasteiger partial charge >= 0.3 is 5.97 Å². The van der Waals surface area contributed by atoms with Gasteiger partial charge in [-0.25, -0.2) is 14.8 Å². The summed E-state index contributed by atoms with van der Waals surface area (Å²) in [5, 5.41) is 11.7. The summed E-state index contributed by atoms with van der Waals surface area (Å²) in [7, 11) is 3.93. The molecule has 15 heavy (non-hydrogen) atoms. The third kappa shape index (κ3) is 3.90. The van der Waals surface area contributed by atoms with Crippen molar-refractivity contribution in [1.82, 2.24) is 14.9 Å². The average molecular weight is 210 g/mol. The fraction of sp³-hybridized carbons (Fsp3) is 0.444. The van der Waals surface area contributed by atoms with Gasteiger partial charge < -0.3 is 15.3 Å². The molecular formula is C9H14N4O2. The number of carboxylic acid groups (broad SMARTS) is 1. The van der Waals surface area contributed by atoms with Crippen molar-refractivity contribution in [3.05, 3.63) is 18.1 Å². The van der Waals surface area contributed by atoms with Crippen LogP contribution in [0.2, 0.25) is 0 Å². The third-order valence-corrected chi connectivity index (χ3v) is 1.71. The van der Waals surface area contributed by atoms with E-state index in [4.69, 9.17) is 5.11 Å². The highest BCUT2D eigenvalue weighted by Crippen LogP contribution is 2.01. The van der Waals surface area contributed by atoms with Crippen LogP contribution in [-0.4, -0.2) is 53.1 Å². The summed E-state index contributed by atoms with van der Waals surface area (Å²) in [6, 6.07) is 1.64. The van der Waals surface area contributed by atoms with Crippen molar-refractivity contribution >= 4 is 11.8 Å². The van der Waals surface area contributed by atoms with Gasteiger partial charge in [-0.15, -0.1) is 0 Å². The number of carbonyl (C=O) groups is 1. The van der Waals surface area contributed by atoms with Gasteiger partial charge in [0.1, 0.15) is 5.82 Å². The van der Waals surface area contributed by atoms with Crippen molar-refractivity contribution in [1.29, 1.82) is 0 Å². The predicted octanol–water partition coefficient (Wildman–Crippen LogP) is 0.148. The Morgan fingerprint density at radius 3 is 2.93 bits per heavy atom. The number of likely N-dealkylation sites (N-methyl/N-ethyl adjacent to an activating group) is 1. The van der Waals surface area contributed by atoms with Gasteiger partial charge in [-0.1, -0.05) is 0 Å². The Morgan fingerprint density at radius 1 is 1.60 bits per heavy atom. The molecule has 1 heterocycles. The van der Waals surface area contributed by atoms with E-state index in [2.05, 4.69) is 15.3 Å². The Balaban J connectivity index is 2.54. The number of aromatic carboxylic acids is 1. The molecule has 1 rings (SSSR count). The van der Waals surface area contributed by atoms with Crippen LogP contribution in [0.3, 0.4) is 0 Å². The first-order chi connectivity index (χ1) is 7.09. The Kier molecular flexibility index (Phi) is 3.99. The maximum atomic E-state index is 10.6. The number of rotatable bonds is 5. The zero-order chi connectivity index (χ0) is 11.3. The molecule has 0 spiro atoms. The second-order valence-corrected chi connectivity index (χ2v) is 3.30. The molecule has 1 aromatic heterocycles. The normalized spacial score (nSPS) is 10.3. The van der Waals surface area contributed by atoms with Crippen molar-refractivity contribution in [3.8, 4) is 0 Å². The standard InChI is InChI=1S/C9H14N4O2/c1-13(2)6-5-10-7-3-4-11-8(12-7)9(14)15/h3-4H,5-6H2,1-2H3,(H,14,15)(H,10,11,12). The average Bonchev–Trinajstić information content (AvgIpc) is 2.17. The molecule has 0 saturated carbocycles. The lowest BCUT2D eigenvalue weighted by Crippen LogP contribution is -2.21. The van der Waals surface area contributed by atoms with E-state index in [1.54, 1.807) is 6.07 Å². The maximum Gasteiger partial charge on any atom is 0.374 e. The molecule has 6 heteroatoms. The fourth-order valence-electron chi connectivity index (χ4n) is 0.968. The topological polar surface area (TPSA) is 78.4 Å². The van der Waals surface area contributed by atoms with Crippen LogP contribution in [0.5, 0.6) is 0 Å². The summed E-state index contributed by atoms with van der Waals surface area (Å²) in [6.45, 7) is 1.56. The van der Waals surface area contributed by atoms with Crippen LogP contribution in [-0.2, 0) is 0 Å². The first-order valence-electron chi connectivity index (χ1n) is 4.54. The van der Waals surface area contributed by atoms with Crippen molar-refractivity contribution < 1.29 is 9.90 Å². The monoisotopic (exact) mass is 210 g/mol. The second kappa shape index (κ2) is 5.26.